The van der Waals surface area contributed by atoms with Crippen molar-refractivity contribution in [2.24, 2.45) is 0 Å². The number of fused-ring (bicyclic) bond motifs is 1. The van der Waals surface area contributed by atoms with Gasteiger partial charge in [-0.3, -0.25) is 4.79 Å². The molecule has 2 aromatic rings. The first kappa shape index (κ1) is 18.1. The minimum absolute atomic E-state index is 0.0157. The van der Waals surface area contributed by atoms with Crippen molar-refractivity contribution in [3.63, 3.8) is 0 Å². The average Bonchev–Trinajstić information content (AvgIpc) is 3.12. The summed E-state index contributed by atoms with van der Waals surface area (Å²) < 4.78 is 15.6. The number of benzene rings is 1. The fourth-order valence-corrected chi connectivity index (χ4v) is 4.13. The summed E-state index contributed by atoms with van der Waals surface area (Å²) in [5.74, 6) is 2.37. The molecule has 1 fully saturated rings. The molecule has 0 saturated carbocycles. The number of halogens is 1. The van der Waals surface area contributed by atoms with Gasteiger partial charge in [0.15, 0.2) is 0 Å². The molecule has 7 heteroatoms. The number of likely N-dealkylation sites (tertiary alicyclic amines) is 1. The lowest BCUT2D eigenvalue weighted by Crippen LogP contribution is -2.39. The Morgan fingerprint density at radius 3 is 2.89 bits per heavy atom. The van der Waals surface area contributed by atoms with Gasteiger partial charge in [-0.25, -0.2) is 4.39 Å². The van der Waals surface area contributed by atoms with E-state index in [-0.39, 0.29) is 17.6 Å². The number of carbonyl (C=O) groups is 1. The second kappa shape index (κ2) is 7.76. The first-order valence-electron chi connectivity index (χ1n) is 9.77. The average molecular weight is 371 g/mol. The van der Waals surface area contributed by atoms with Crippen LogP contribution in [0.5, 0.6) is 0 Å². The summed E-state index contributed by atoms with van der Waals surface area (Å²) in [6.07, 6.45) is 2.26. The highest BCUT2D eigenvalue weighted by Gasteiger charge is 2.29. The molecular formula is C20H26FN5O. The minimum atomic E-state index is -0.251. The highest BCUT2D eigenvalue weighted by molar-refractivity contribution is 5.77. The van der Waals surface area contributed by atoms with Gasteiger partial charge in [0.05, 0.1) is 6.54 Å². The second-order valence-corrected chi connectivity index (χ2v) is 7.62. The van der Waals surface area contributed by atoms with Gasteiger partial charge in [0.1, 0.15) is 17.5 Å². The molecule has 1 N–H and O–H groups in total. The quantitative estimate of drug-likeness (QED) is 0.897. The third kappa shape index (κ3) is 3.88. The number of hydrogen-bond donors (Lipinski definition) is 1. The fraction of sp³-hybridized carbons (Fsp3) is 0.550. The molecule has 1 saturated heterocycles. The Labute approximate surface area is 158 Å². The van der Waals surface area contributed by atoms with Gasteiger partial charge in [-0.15, -0.1) is 10.2 Å². The highest BCUT2D eigenvalue weighted by atomic mass is 19.1. The van der Waals surface area contributed by atoms with Crippen LogP contribution in [0.3, 0.4) is 0 Å². The molecule has 1 amide bonds. The van der Waals surface area contributed by atoms with Crippen molar-refractivity contribution in [2.45, 2.75) is 51.1 Å². The maximum absolute atomic E-state index is 13.4. The number of aromatic nitrogens is 3. The van der Waals surface area contributed by atoms with Gasteiger partial charge in [0.25, 0.3) is 0 Å². The molecule has 0 aliphatic carbocycles. The van der Waals surface area contributed by atoms with Crippen molar-refractivity contribution < 1.29 is 9.18 Å². The predicted octanol–water partition coefficient (Wildman–Crippen LogP) is 2.42. The van der Waals surface area contributed by atoms with E-state index in [1.807, 2.05) is 17.9 Å². The number of rotatable bonds is 4. The van der Waals surface area contributed by atoms with E-state index in [0.29, 0.717) is 12.3 Å². The van der Waals surface area contributed by atoms with Crippen molar-refractivity contribution in [1.29, 1.82) is 0 Å². The maximum atomic E-state index is 13.4. The molecule has 3 heterocycles. The summed E-state index contributed by atoms with van der Waals surface area (Å²) in [5, 5.41) is 12.0. The number of nitrogens with one attached hydrogen (secondary N) is 1. The summed E-state index contributed by atoms with van der Waals surface area (Å²) in [4.78, 5) is 14.6. The summed E-state index contributed by atoms with van der Waals surface area (Å²) in [7, 11) is 0. The third-order valence-corrected chi connectivity index (χ3v) is 5.76. The van der Waals surface area contributed by atoms with Crippen molar-refractivity contribution >= 4 is 5.91 Å². The van der Waals surface area contributed by atoms with Crippen LogP contribution in [0.1, 0.15) is 55.2 Å². The Bertz CT molecular complexity index is 812. The summed E-state index contributed by atoms with van der Waals surface area (Å²) >= 11 is 0. The molecule has 6 nitrogen and oxygen atoms in total. The monoisotopic (exact) mass is 371 g/mol. The maximum Gasteiger partial charge on any atom is 0.223 e. The SMILES string of the molecule is CC(CC(=O)N1CCC(c2nnc3n2CCNC3)CC1)c1cccc(F)c1. The molecule has 0 bridgehead atoms. The normalized spacial score (nSPS) is 19.0. The lowest BCUT2D eigenvalue weighted by atomic mass is 9.93. The van der Waals surface area contributed by atoms with Crippen molar-refractivity contribution in [1.82, 2.24) is 25.0 Å². The number of carbonyl (C=O) groups excluding carboxylic acids is 1. The van der Waals surface area contributed by atoms with Crippen LogP contribution in [0.2, 0.25) is 0 Å². The summed E-state index contributed by atoms with van der Waals surface area (Å²) in [5.41, 5.74) is 0.877. The van der Waals surface area contributed by atoms with Crippen molar-refractivity contribution in [3.05, 3.63) is 47.3 Å². The lowest BCUT2D eigenvalue weighted by molar-refractivity contribution is -0.132. The molecule has 144 valence electrons. The Hall–Kier alpha value is -2.28. The summed E-state index contributed by atoms with van der Waals surface area (Å²) in [6.45, 7) is 6.13. The first-order valence-corrected chi connectivity index (χ1v) is 9.77. The number of hydrogen-bond acceptors (Lipinski definition) is 4. The standard InChI is InChI=1S/C20H26FN5O/c1-14(16-3-2-4-17(21)12-16)11-19(27)25-8-5-15(6-9-25)20-24-23-18-13-22-7-10-26(18)20/h2-4,12,14-15,22H,5-11,13H2,1H3. The van der Waals surface area contributed by atoms with Crippen LogP contribution in [-0.4, -0.2) is 45.2 Å². The van der Waals surface area contributed by atoms with Gasteiger partial charge in [0.2, 0.25) is 5.91 Å². The Morgan fingerprint density at radius 2 is 2.11 bits per heavy atom. The van der Waals surface area contributed by atoms with Gasteiger partial charge in [-0.2, -0.15) is 0 Å². The van der Waals surface area contributed by atoms with Crippen LogP contribution in [0, 0.1) is 5.82 Å². The fourth-order valence-electron chi connectivity index (χ4n) is 4.13. The Morgan fingerprint density at radius 1 is 1.30 bits per heavy atom. The first-order chi connectivity index (χ1) is 13.1. The largest absolute Gasteiger partial charge is 0.343 e. The molecule has 1 unspecified atom stereocenters. The van der Waals surface area contributed by atoms with Crippen molar-refractivity contribution in [2.75, 3.05) is 19.6 Å². The molecular weight excluding hydrogens is 345 g/mol. The Balaban J connectivity index is 1.33. The lowest BCUT2D eigenvalue weighted by Gasteiger charge is -2.32. The molecule has 1 aromatic heterocycles. The molecule has 1 atom stereocenters. The summed E-state index contributed by atoms with van der Waals surface area (Å²) in [6, 6.07) is 6.54. The zero-order valence-electron chi connectivity index (χ0n) is 15.7. The van der Waals surface area contributed by atoms with Gasteiger partial charge in [-0.1, -0.05) is 19.1 Å². The van der Waals surface area contributed by atoms with E-state index in [2.05, 4.69) is 20.1 Å². The molecule has 1 aromatic carbocycles. The molecule has 4 rings (SSSR count). The van der Waals surface area contributed by atoms with Gasteiger partial charge < -0.3 is 14.8 Å². The topological polar surface area (TPSA) is 63.1 Å². The van der Waals surface area contributed by atoms with Gasteiger partial charge in [-0.05, 0) is 36.5 Å². The zero-order chi connectivity index (χ0) is 18.8. The number of piperidine rings is 1. The van der Waals surface area contributed by atoms with E-state index in [9.17, 15) is 9.18 Å². The van der Waals surface area contributed by atoms with E-state index in [4.69, 9.17) is 0 Å². The third-order valence-electron chi connectivity index (χ3n) is 5.76. The van der Waals surface area contributed by atoms with Crippen LogP contribution in [0.15, 0.2) is 24.3 Å². The van der Waals surface area contributed by atoms with E-state index >= 15 is 0 Å². The van der Waals surface area contributed by atoms with Gasteiger partial charge >= 0.3 is 0 Å². The zero-order valence-corrected chi connectivity index (χ0v) is 15.7. The van der Waals surface area contributed by atoms with Crippen LogP contribution in [-0.2, 0) is 17.9 Å². The molecule has 0 spiro atoms. The van der Waals surface area contributed by atoms with Crippen LogP contribution in [0.25, 0.3) is 0 Å². The second-order valence-electron chi connectivity index (χ2n) is 7.62. The van der Waals surface area contributed by atoms with E-state index in [0.717, 1.165) is 62.8 Å². The van der Waals surface area contributed by atoms with E-state index < -0.39 is 0 Å². The Kier molecular flexibility index (Phi) is 5.20. The number of amides is 1. The molecule has 27 heavy (non-hydrogen) atoms. The molecule has 2 aliphatic rings. The van der Waals surface area contributed by atoms with Crippen LogP contribution >= 0.6 is 0 Å². The molecule has 2 aliphatic heterocycles. The predicted molar refractivity (Wildman–Crippen MR) is 99.7 cm³/mol. The van der Waals surface area contributed by atoms with Crippen LogP contribution < -0.4 is 5.32 Å². The van der Waals surface area contributed by atoms with E-state index in [1.54, 1.807) is 6.07 Å². The molecule has 0 radical (unpaired) electrons. The highest BCUT2D eigenvalue weighted by Crippen LogP contribution is 2.29. The van der Waals surface area contributed by atoms with Crippen LogP contribution in [0.4, 0.5) is 4.39 Å². The van der Waals surface area contributed by atoms with E-state index in [1.165, 1.54) is 12.1 Å². The van der Waals surface area contributed by atoms with Crippen molar-refractivity contribution in [3.8, 4) is 0 Å². The smallest absolute Gasteiger partial charge is 0.223 e. The minimum Gasteiger partial charge on any atom is -0.343 e. The van der Waals surface area contributed by atoms with Gasteiger partial charge in [0, 0.05) is 38.5 Å². The number of nitrogens with zero attached hydrogens (tertiary/aromatic N) is 4.